The highest BCUT2D eigenvalue weighted by Gasteiger charge is 2.13. The van der Waals surface area contributed by atoms with E-state index in [1.807, 2.05) is 36.4 Å². The molecule has 0 aliphatic heterocycles. The van der Waals surface area contributed by atoms with Crippen LogP contribution in [-0.2, 0) is 6.54 Å². The summed E-state index contributed by atoms with van der Waals surface area (Å²) >= 11 is 0. The summed E-state index contributed by atoms with van der Waals surface area (Å²) in [5, 5.41) is 3.31. The third kappa shape index (κ3) is 6.10. The standard InChI is InChI=1S/C23H28N4O2/c1-18(2)27(16-19-7-5-4-6-8-19)23-15-22(25-17-26-23)24-13-14-29-21-11-9-20(28-3)10-12-21/h4-12,15,17-18H,13-14,16H2,1-3H3,(H,24,25,26). The van der Waals surface area contributed by atoms with E-state index in [-0.39, 0.29) is 0 Å². The van der Waals surface area contributed by atoms with E-state index in [0.29, 0.717) is 19.2 Å². The van der Waals surface area contributed by atoms with Gasteiger partial charge in [-0.1, -0.05) is 30.3 Å². The van der Waals surface area contributed by atoms with Crippen molar-refractivity contribution < 1.29 is 9.47 Å². The van der Waals surface area contributed by atoms with Crippen molar-refractivity contribution >= 4 is 11.6 Å². The number of hydrogen-bond acceptors (Lipinski definition) is 6. The van der Waals surface area contributed by atoms with Crippen molar-refractivity contribution in [1.29, 1.82) is 0 Å². The molecule has 0 saturated heterocycles. The number of anilines is 2. The molecule has 0 bridgehead atoms. The van der Waals surface area contributed by atoms with Crippen molar-refractivity contribution in [2.75, 3.05) is 30.5 Å². The van der Waals surface area contributed by atoms with Crippen LogP contribution in [0.4, 0.5) is 11.6 Å². The molecule has 6 heteroatoms. The molecule has 2 aromatic carbocycles. The molecule has 1 heterocycles. The van der Waals surface area contributed by atoms with Gasteiger partial charge in [-0.3, -0.25) is 0 Å². The van der Waals surface area contributed by atoms with Crippen molar-refractivity contribution in [2.45, 2.75) is 26.4 Å². The summed E-state index contributed by atoms with van der Waals surface area (Å²) in [5.74, 6) is 3.31. The Kier molecular flexibility index (Phi) is 7.28. The van der Waals surface area contributed by atoms with Crippen LogP contribution in [0.1, 0.15) is 19.4 Å². The lowest BCUT2D eigenvalue weighted by molar-refractivity contribution is 0.331. The molecule has 0 aliphatic carbocycles. The number of rotatable bonds is 10. The highest BCUT2D eigenvalue weighted by atomic mass is 16.5. The number of benzene rings is 2. The summed E-state index contributed by atoms with van der Waals surface area (Å²) in [5.41, 5.74) is 1.25. The van der Waals surface area contributed by atoms with Crippen molar-refractivity contribution in [2.24, 2.45) is 0 Å². The van der Waals surface area contributed by atoms with Gasteiger partial charge >= 0.3 is 0 Å². The minimum atomic E-state index is 0.316. The second-order valence-corrected chi connectivity index (χ2v) is 6.92. The minimum Gasteiger partial charge on any atom is -0.497 e. The fraction of sp³-hybridized carbons (Fsp3) is 0.304. The van der Waals surface area contributed by atoms with Crippen molar-refractivity contribution in [1.82, 2.24) is 9.97 Å². The topological polar surface area (TPSA) is 59.5 Å². The molecule has 3 rings (SSSR count). The maximum absolute atomic E-state index is 5.75. The van der Waals surface area contributed by atoms with Gasteiger partial charge in [0, 0.05) is 18.7 Å². The van der Waals surface area contributed by atoms with Crippen LogP contribution in [-0.4, -0.2) is 36.3 Å². The van der Waals surface area contributed by atoms with Gasteiger partial charge in [0.2, 0.25) is 0 Å². The maximum atomic E-state index is 5.75. The first-order chi connectivity index (χ1) is 14.2. The van der Waals surface area contributed by atoms with Crippen molar-refractivity contribution in [3.05, 3.63) is 72.6 Å². The molecule has 0 atom stereocenters. The molecule has 0 spiro atoms. The summed E-state index contributed by atoms with van der Waals surface area (Å²) < 4.78 is 10.9. The van der Waals surface area contributed by atoms with Gasteiger partial charge in [0.1, 0.15) is 36.1 Å². The third-order valence-corrected chi connectivity index (χ3v) is 4.50. The molecular formula is C23H28N4O2. The smallest absolute Gasteiger partial charge is 0.134 e. The third-order valence-electron chi connectivity index (χ3n) is 4.50. The van der Waals surface area contributed by atoms with Gasteiger partial charge in [0.05, 0.1) is 13.7 Å². The number of methoxy groups -OCH3 is 1. The Hall–Kier alpha value is -3.28. The van der Waals surface area contributed by atoms with Gasteiger partial charge in [0.15, 0.2) is 0 Å². The lowest BCUT2D eigenvalue weighted by Gasteiger charge is -2.28. The Morgan fingerprint density at radius 1 is 0.966 bits per heavy atom. The summed E-state index contributed by atoms with van der Waals surface area (Å²) in [6, 6.07) is 20.3. The molecule has 0 amide bonds. The van der Waals surface area contributed by atoms with E-state index in [9.17, 15) is 0 Å². The Bertz CT molecular complexity index is 870. The Morgan fingerprint density at radius 2 is 1.69 bits per heavy atom. The molecule has 0 unspecified atom stereocenters. The fourth-order valence-corrected chi connectivity index (χ4v) is 2.93. The van der Waals surface area contributed by atoms with Gasteiger partial charge < -0.3 is 19.7 Å². The summed E-state index contributed by atoms with van der Waals surface area (Å²) in [7, 11) is 1.65. The predicted molar refractivity (Wildman–Crippen MR) is 117 cm³/mol. The molecule has 0 fully saturated rings. The van der Waals surface area contributed by atoms with Gasteiger partial charge in [-0.15, -0.1) is 0 Å². The number of nitrogens with zero attached hydrogens (tertiary/aromatic N) is 3. The van der Waals surface area contributed by atoms with Crippen molar-refractivity contribution in [3.63, 3.8) is 0 Å². The SMILES string of the molecule is COc1ccc(OCCNc2cc(N(Cc3ccccc3)C(C)C)ncn2)cc1. The molecule has 0 radical (unpaired) electrons. The number of ether oxygens (including phenoxy) is 2. The lowest BCUT2D eigenvalue weighted by atomic mass is 10.2. The van der Waals surface area contributed by atoms with Crippen molar-refractivity contribution in [3.8, 4) is 11.5 Å². The van der Waals surface area contributed by atoms with Crippen LogP contribution in [0.25, 0.3) is 0 Å². The fourth-order valence-electron chi connectivity index (χ4n) is 2.93. The number of hydrogen-bond donors (Lipinski definition) is 1. The van der Waals surface area contributed by atoms with E-state index in [1.165, 1.54) is 5.56 Å². The van der Waals surface area contributed by atoms with Crippen LogP contribution in [0.15, 0.2) is 67.0 Å². The van der Waals surface area contributed by atoms with Crippen LogP contribution < -0.4 is 19.7 Å². The molecular weight excluding hydrogens is 364 g/mol. The van der Waals surface area contributed by atoms with Crippen LogP contribution in [0.2, 0.25) is 0 Å². The number of aromatic nitrogens is 2. The van der Waals surface area contributed by atoms with Crippen LogP contribution in [0, 0.1) is 0 Å². The summed E-state index contributed by atoms with van der Waals surface area (Å²) in [6.45, 7) is 6.31. The largest absolute Gasteiger partial charge is 0.497 e. The zero-order valence-electron chi connectivity index (χ0n) is 17.2. The van der Waals surface area contributed by atoms with E-state index in [2.05, 4.69) is 58.3 Å². The second-order valence-electron chi connectivity index (χ2n) is 6.92. The molecule has 3 aromatic rings. The van der Waals surface area contributed by atoms with Crippen LogP contribution in [0.5, 0.6) is 11.5 Å². The van der Waals surface area contributed by atoms with E-state index >= 15 is 0 Å². The predicted octanol–water partition coefficient (Wildman–Crippen LogP) is 4.39. The maximum Gasteiger partial charge on any atom is 0.134 e. The normalized spacial score (nSPS) is 10.6. The van der Waals surface area contributed by atoms with Gasteiger partial charge in [0.25, 0.3) is 0 Å². The average molecular weight is 393 g/mol. The van der Waals surface area contributed by atoms with Gasteiger partial charge in [-0.25, -0.2) is 9.97 Å². The van der Waals surface area contributed by atoms with Gasteiger partial charge in [-0.05, 0) is 43.7 Å². The molecule has 152 valence electrons. The zero-order chi connectivity index (χ0) is 20.5. The first-order valence-corrected chi connectivity index (χ1v) is 9.79. The van der Waals surface area contributed by atoms with E-state index in [4.69, 9.17) is 9.47 Å². The molecule has 0 aliphatic rings. The quantitative estimate of drug-likeness (QED) is 0.517. The van der Waals surface area contributed by atoms with E-state index in [0.717, 1.165) is 29.7 Å². The summed E-state index contributed by atoms with van der Waals surface area (Å²) in [6.07, 6.45) is 1.60. The molecule has 1 aromatic heterocycles. The van der Waals surface area contributed by atoms with Crippen LogP contribution in [0.3, 0.4) is 0 Å². The minimum absolute atomic E-state index is 0.316. The summed E-state index contributed by atoms with van der Waals surface area (Å²) in [4.78, 5) is 11.1. The monoisotopic (exact) mass is 392 g/mol. The van der Waals surface area contributed by atoms with E-state index in [1.54, 1.807) is 13.4 Å². The molecule has 0 saturated carbocycles. The zero-order valence-corrected chi connectivity index (χ0v) is 17.2. The molecule has 6 nitrogen and oxygen atoms in total. The Morgan fingerprint density at radius 3 is 2.38 bits per heavy atom. The highest BCUT2D eigenvalue weighted by Crippen LogP contribution is 2.20. The van der Waals surface area contributed by atoms with Gasteiger partial charge in [-0.2, -0.15) is 0 Å². The average Bonchev–Trinajstić information content (AvgIpc) is 2.76. The highest BCUT2D eigenvalue weighted by molar-refractivity contribution is 5.49. The Labute approximate surface area is 172 Å². The van der Waals surface area contributed by atoms with Crippen LogP contribution >= 0.6 is 0 Å². The lowest BCUT2D eigenvalue weighted by Crippen LogP contribution is -2.31. The second kappa shape index (κ2) is 10.3. The number of nitrogens with one attached hydrogen (secondary N) is 1. The first-order valence-electron chi connectivity index (χ1n) is 9.79. The molecule has 1 N–H and O–H groups in total. The Balaban J connectivity index is 1.56. The molecule has 29 heavy (non-hydrogen) atoms. The first kappa shape index (κ1) is 20.5. The van der Waals surface area contributed by atoms with E-state index < -0.39 is 0 Å².